The maximum absolute atomic E-state index is 5.93. The molecule has 1 N–H and O–H groups in total. The second kappa shape index (κ2) is 7.25. The largest absolute Gasteiger partial charge is 0.314 e. The summed E-state index contributed by atoms with van der Waals surface area (Å²) < 4.78 is 0. The second-order valence-corrected chi connectivity index (χ2v) is 5.74. The van der Waals surface area contributed by atoms with E-state index in [4.69, 9.17) is 11.6 Å². The summed E-state index contributed by atoms with van der Waals surface area (Å²) in [5.41, 5.74) is 1.33. The highest BCUT2D eigenvalue weighted by Crippen LogP contribution is 2.20. The predicted molar refractivity (Wildman–Crippen MR) is 81.8 cm³/mol. The van der Waals surface area contributed by atoms with Gasteiger partial charge in [0.05, 0.1) is 0 Å². The van der Waals surface area contributed by atoms with Crippen molar-refractivity contribution in [3.63, 3.8) is 0 Å². The first kappa shape index (κ1) is 14.8. The molecule has 1 heterocycles. The van der Waals surface area contributed by atoms with Crippen LogP contribution in [0.2, 0.25) is 5.02 Å². The van der Waals surface area contributed by atoms with Crippen LogP contribution in [-0.4, -0.2) is 56.1 Å². The Morgan fingerprint density at radius 2 is 1.89 bits per heavy atom. The minimum Gasteiger partial charge on any atom is -0.314 e. The number of benzene rings is 1. The Kier molecular flexibility index (Phi) is 5.64. The van der Waals surface area contributed by atoms with Crippen molar-refractivity contribution in [2.24, 2.45) is 0 Å². The lowest BCUT2D eigenvalue weighted by molar-refractivity contribution is 0.183. The van der Waals surface area contributed by atoms with E-state index in [1.54, 1.807) is 0 Å². The summed E-state index contributed by atoms with van der Waals surface area (Å²) in [6.07, 6.45) is 0. The van der Waals surface area contributed by atoms with Gasteiger partial charge in [-0.15, -0.1) is 0 Å². The third kappa shape index (κ3) is 4.46. The lowest BCUT2D eigenvalue weighted by atomic mass is 10.1. The van der Waals surface area contributed by atoms with Gasteiger partial charge < -0.3 is 5.32 Å². The Balaban J connectivity index is 1.81. The van der Waals surface area contributed by atoms with Gasteiger partial charge >= 0.3 is 0 Å². The van der Waals surface area contributed by atoms with Crippen LogP contribution >= 0.6 is 11.6 Å². The molecule has 0 saturated carbocycles. The summed E-state index contributed by atoms with van der Waals surface area (Å²) in [4.78, 5) is 4.94. The van der Waals surface area contributed by atoms with Crippen molar-refractivity contribution in [1.29, 1.82) is 0 Å². The number of likely N-dealkylation sites (N-methyl/N-ethyl adjacent to an activating group) is 1. The average molecular weight is 282 g/mol. The van der Waals surface area contributed by atoms with Crippen molar-refractivity contribution in [2.75, 3.05) is 46.3 Å². The van der Waals surface area contributed by atoms with Crippen LogP contribution in [0.4, 0.5) is 0 Å². The molecule has 1 saturated heterocycles. The van der Waals surface area contributed by atoms with Gasteiger partial charge in [-0.3, -0.25) is 9.80 Å². The van der Waals surface area contributed by atoms with Gasteiger partial charge in [0, 0.05) is 50.3 Å². The Morgan fingerprint density at radius 3 is 2.53 bits per heavy atom. The van der Waals surface area contributed by atoms with Gasteiger partial charge in [0.1, 0.15) is 0 Å². The van der Waals surface area contributed by atoms with E-state index >= 15 is 0 Å². The van der Waals surface area contributed by atoms with Crippen molar-refractivity contribution in [3.05, 3.63) is 34.9 Å². The number of hydrogen-bond acceptors (Lipinski definition) is 3. The molecule has 3 nitrogen and oxygen atoms in total. The molecular formula is C15H24ClN3. The van der Waals surface area contributed by atoms with Crippen LogP contribution in [0.3, 0.4) is 0 Å². The number of hydrogen-bond donors (Lipinski definition) is 1. The Hall–Kier alpha value is -0.610. The standard InChI is InChI=1S/C15H24ClN3/c1-13(14-3-5-15(16)6-4-14)18(2)11-12-19-9-7-17-8-10-19/h3-6,13,17H,7-12H2,1-2H3. The summed E-state index contributed by atoms with van der Waals surface area (Å²) in [5.74, 6) is 0. The number of rotatable bonds is 5. The summed E-state index contributed by atoms with van der Waals surface area (Å²) in [6.45, 7) is 9.08. The number of nitrogens with one attached hydrogen (secondary N) is 1. The molecule has 1 aliphatic rings. The van der Waals surface area contributed by atoms with Crippen LogP contribution < -0.4 is 5.32 Å². The maximum atomic E-state index is 5.93. The third-order valence-corrected chi connectivity index (χ3v) is 4.24. The molecule has 0 amide bonds. The quantitative estimate of drug-likeness (QED) is 0.893. The minimum atomic E-state index is 0.431. The van der Waals surface area contributed by atoms with Crippen LogP contribution in [0, 0.1) is 0 Å². The predicted octanol–water partition coefficient (Wildman–Crippen LogP) is 2.24. The van der Waals surface area contributed by atoms with Gasteiger partial charge in [0.15, 0.2) is 0 Å². The van der Waals surface area contributed by atoms with E-state index in [1.165, 1.54) is 18.7 Å². The average Bonchev–Trinajstić information content (AvgIpc) is 2.46. The number of nitrogens with zero attached hydrogens (tertiary/aromatic N) is 2. The van der Waals surface area contributed by atoms with Crippen molar-refractivity contribution >= 4 is 11.6 Å². The fraction of sp³-hybridized carbons (Fsp3) is 0.600. The minimum absolute atomic E-state index is 0.431. The van der Waals surface area contributed by atoms with Crippen LogP contribution in [0.5, 0.6) is 0 Å². The van der Waals surface area contributed by atoms with Gasteiger partial charge in [-0.25, -0.2) is 0 Å². The van der Waals surface area contributed by atoms with Crippen molar-refractivity contribution in [3.8, 4) is 0 Å². The molecule has 2 rings (SSSR count). The molecule has 1 unspecified atom stereocenters. The Morgan fingerprint density at radius 1 is 1.26 bits per heavy atom. The van der Waals surface area contributed by atoms with E-state index in [9.17, 15) is 0 Å². The van der Waals surface area contributed by atoms with Crippen molar-refractivity contribution in [1.82, 2.24) is 15.1 Å². The zero-order valence-corrected chi connectivity index (χ0v) is 12.7. The smallest absolute Gasteiger partial charge is 0.0406 e. The van der Waals surface area contributed by atoms with Crippen LogP contribution in [-0.2, 0) is 0 Å². The lowest BCUT2D eigenvalue weighted by Crippen LogP contribution is -2.46. The molecular weight excluding hydrogens is 258 g/mol. The van der Waals surface area contributed by atoms with Crippen LogP contribution in [0.15, 0.2) is 24.3 Å². The van der Waals surface area contributed by atoms with Gasteiger partial charge in [-0.05, 0) is 31.7 Å². The zero-order chi connectivity index (χ0) is 13.7. The highest BCUT2D eigenvalue weighted by molar-refractivity contribution is 6.30. The maximum Gasteiger partial charge on any atom is 0.0406 e. The summed E-state index contributed by atoms with van der Waals surface area (Å²) in [7, 11) is 2.20. The molecule has 1 atom stereocenters. The van der Waals surface area contributed by atoms with Gasteiger partial charge in [0.25, 0.3) is 0 Å². The van der Waals surface area contributed by atoms with Crippen LogP contribution in [0.1, 0.15) is 18.5 Å². The molecule has 0 radical (unpaired) electrons. The first-order valence-corrected chi connectivity index (χ1v) is 7.43. The molecule has 1 aromatic carbocycles. The molecule has 0 spiro atoms. The second-order valence-electron chi connectivity index (χ2n) is 5.30. The Bertz CT molecular complexity index is 373. The first-order chi connectivity index (χ1) is 9.16. The molecule has 0 aliphatic carbocycles. The Labute approximate surface area is 121 Å². The van der Waals surface area contributed by atoms with E-state index in [2.05, 4.69) is 41.2 Å². The van der Waals surface area contributed by atoms with Gasteiger partial charge in [-0.1, -0.05) is 23.7 Å². The molecule has 1 aliphatic heterocycles. The van der Waals surface area contributed by atoms with E-state index in [1.807, 2.05) is 12.1 Å². The highest BCUT2D eigenvalue weighted by Gasteiger charge is 2.14. The normalized spacial score (nSPS) is 18.7. The molecule has 1 aromatic rings. The SMILES string of the molecule is CC(c1ccc(Cl)cc1)N(C)CCN1CCNCC1. The molecule has 0 bridgehead atoms. The summed E-state index contributed by atoms with van der Waals surface area (Å²) >= 11 is 5.93. The summed E-state index contributed by atoms with van der Waals surface area (Å²) in [6, 6.07) is 8.61. The summed E-state index contributed by atoms with van der Waals surface area (Å²) in [5, 5.41) is 4.19. The number of piperazine rings is 1. The van der Waals surface area contributed by atoms with Crippen molar-refractivity contribution < 1.29 is 0 Å². The van der Waals surface area contributed by atoms with E-state index < -0.39 is 0 Å². The van der Waals surface area contributed by atoms with E-state index in [-0.39, 0.29) is 0 Å². The van der Waals surface area contributed by atoms with Crippen LogP contribution in [0.25, 0.3) is 0 Å². The molecule has 1 fully saturated rings. The zero-order valence-electron chi connectivity index (χ0n) is 11.9. The highest BCUT2D eigenvalue weighted by atomic mass is 35.5. The first-order valence-electron chi connectivity index (χ1n) is 7.05. The lowest BCUT2D eigenvalue weighted by Gasteiger charge is -2.31. The number of halogens is 1. The monoisotopic (exact) mass is 281 g/mol. The fourth-order valence-corrected chi connectivity index (χ4v) is 2.55. The van der Waals surface area contributed by atoms with E-state index in [0.29, 0.717) is 6.04 Å². The molecule has 0 aromatic heterocycles. The molecule has 106 valence electrons. The third-order valence-electron chi connectivity index (χ3n) is 3.99. The van der Waals surface area contributed by atoms with Gasteiger partial charge in [0.2, 0.25) is 0 Å². The fourth-order valence-electron chi connectivity index (χ4n) is 2.42. The van der Waals surface area contributed by atoms with E-state index in [0.717, 1.165) is 31.2 Å². The van der Waals surface area contributed by atoms with Crippen molar-refractivity contribution in [2.45, 2.75) is 13.0 Å². The molecule has 19 heavy (non-hydrogen) atoms. The van der Waals surface area contributed by atoms with Gasteiger partial charge in [-0.2, -0.15) is 0 Å². The molecule has 4 heteroatoms. The topological polar surface area (TPSA) is 18.5 Å².